The van der Waals surface area contributed by atoms with Gasteiger partial charge in [0.25, 0.3) is 5.91 Å². The Kier molecular flexibility index (Phi) is 4.00. The molecule has 0 spiro atoms. The molecule has 1 saturated heterocycles. The van der Waals surface area contributed by atoms with Crippen LogP contribution in [0.2, 0.25) is 0 Å². The maximum absolute atomic E-state index is 12.4. The smallest absolute Gasteiger partial charge is 0.257 e. The fraction of sp³-hybridized carbons (Fsp3) is 0.562. The number of piperidine rings is 1. The number of hydrogen-bond donors (Lipinski definition) is 0. The topological polar surface area (TPSA) is 72.4 Å². The Morgan fingerprint density at radius 2 is 2.09 bits per heavy atom. The lowest BCUT2D eigenvalue weighted by molar-refractivity contribution is 0.0702. The molecule has 0 saturated carbocycles. The fourth-order valence-corrected chi connectivity index (χ4v) is 2.75. The third-order valence-corrected chi connectivity index (χ3v) is 4.19. The number of aryl methyl sites for hydroxylation is 1. The SMILES string of the molecule is Cc1occc1C(=O)N1CCC(c2nc(C(C)C)no2)CC1. The van der Waals surface area contributed by atoms with E-state index in [4.69, 9.17) is 8.94 Å². The molecule has 0 aromatic carbocycles. The van der Waals surface area contributed by atoms with Crippen LogP contribution in [0, 0.1) is 6.92 Å². The average molecular weight is 303 g/mol. The maximum Gasteiger partial charge on any atom is 0.257 e. The Morgan fingerprint density at radius 1 is 1.36 bits per heavy atom. The summed E-state index contributed by atoms with van der Waals surface area (Å²) in [5.41, 5.74) is 0.651. The minimum Gasteiger partial charge on any atom is -0.469 e. The lowest BCUT2D eigenvalue weighted by Gasteiger charge is -2.30. The number of aromatic nitrogens is 2. The van der Waals surface area contributed by atoms with Crippen molar-refractivity contribution >= 4 is 5.91 Å². The summed E-state index contributed by atoms with van der Waals surface area (Å²) in [6.45, 7) is 7.30. The van der Waals surface area contributed by atoms with E-state index >= 15 is 0 Å². The number of amides is 1. The van der Waals surface area contributed by atoms with E-state index in [0.717, 1.165) is 18.7 Å². The van der Waals surface area contributed by atoms with Gasteiger partial charge in [-0.1, -0.05) is 19.0 Å². The van der Waals surface area contributed by atoms with Crippen LogP contribution < -0.4 is 0 Å². The third-order valence-electron chi connectivity index (χ3n) is 4.19. The van der Waals surface area contributed by atoms with Crippen molar-refractivity contribution in [3.8, 4) is 0 Å². The van der Waals surface area contributed by atoms with Crippen molar-refractivity contribution in [1.29, 1.82) is 0 Å². The van der Waals surface area contributed by atoms with Crippen LogP contribution in [0.25, 0.3) is 0 Å². The molecule has 0 radical (unpaired) electrons. The van der Waals surface area contributed by atoms with Gasteiger partial charge in [-0.05, 0) is 25.8 Å². The van der Waals surface area contributed by atoms with Crippen molar-refractivity contribution in [3.05, 3.63) is 35.4 Å². The van der Waals surface area contributed by atoms with Crippen LogP contribution in [0.3, 0.4) is 0 Å². The van der Waals surface area contributed by atoms with Gasteiger partial charge in [0.15, 0.2) is 5.82 Å². The van der Waals surface area contributed by atoms with Crippen molar-refractivity contribution < 1.29 is 13.7 Å². The lowest BCUT2D eigenvalue weighted by Crippen LogP contribution is -2.38. The van der Waals surface area contributed by atoms with E-state index in [9.17, 15) is 4.79 Å². The molecule has 0 bridgehead atoms. The van der Waals surface area contributed by atoms with Gasteiger partial charge in [0.1, 0.15) is 5.76 Å². The second-order valence-electron chi connectivity index (χ2n) is 6.10. The van der Waals surface area contributed by atoms with E-state index in [1.165, 1.54) is 0 Å². The van der Waals surface area contributed by atoms with Crippen molar-refractivity contribution in [2.45, 2.75) is 45.4 Å². The third kappa shape index (κ3) is 2.77. The van der Waals surface area contributed by atoms with Crippen LogP contribution in [0.4, 0.5) is 0 Å². The van der Waals surface area contributed by atoms with E-state index in [0.29, 0.717) is 30.3 Å². The minimum absolute atomic E-state index is 0.0399. The predicted octanol–water partition coefficient (Wildman–Crippen LogP) is 3.11. The molecule has 1 amide bonds. The quantitative estimate of drug-likeness (QED) is 0.871. The highest BCUT2D eigenvalue weighted by Gasteiger charge is 2.29. The molecular weight excluding hydrogens is 282 g/mol. The second-order valence-corrected chi connectivity index (χ2v) is 6.10. The molecule has 2 aromatic heterocycles. The van der Waals surface area contributed by atoms with Crippen molar-refractivity contribution in [1.82, 2.24) is 15.0 Å². The number of furan rings is 1. The van der Waals surface area contributed by atoms with E-state index in [2.05, 4.69) is 10.1 Å². The standard InChI is InChI=1S/C16H21N3O3/c1-10(2)14-17-15(22-18-14)12-4-7-19(8-5-12)16(20)13-6-9-21-11(13)3/h6,9-10,12H,4-5,7-8H2,1-3H3. The van der Waals surface area contributed by atoms with Crippen LogP contribution in [0.5, 0.6) is 0 Å². The first-order valence-corrected chi connectivity index (χ1v) is 7.73. The number of hydrogen-bond acceptors (Lipinski definition) is 5. The lowest BCUT2D eigenvalue weighted by atomic mass is 9.96. The predicted molar refractivity (Wildman–Crippen MR) is 79.7 cm³/mol. The molecule has 0 N–H and O–H groups in total. The zero-order valence-electron chi connectivity index (χ0n) is 13.2. The van der Waals surface area contributed by atoms with Crippen molar-refractivity contribution in [2.75, 3.05) is 13.1 Å². The zero-order valence-corrected chi connectivity index (χ0v) is 13.2. The molecule has 118 valence electrons. The Balaban J connectivity index is 1.62. The first-order chi connectivity index (χ1) is 10.6. The molecule has 1 aliphatic rings. The van der Waals surface area contributed by atoms with E-state index in [-0.39, 0.29) is 17.7 Å². The summed E-state index contributed by atoms with van der Waals surface area (Å²) in [4.78, 5) is 18.8. The highest BCUT2D eigenvalue weighted by molar-refractivity contribution is 5.95. The first-order valence-electron chi connectivity index (χ1n) is 7.73. The van der Waals surface area contributed by atoms with Gasteiger partial charge in [0.2, 0.25) is 5.89 Å². The Labute approximate surface area is 129 Å². The van der Waals surface area contributed by atoms with Crippen molar-refractivity contribution in [2.24, 2.45) is 0 Å². The molecule has 0 unspecified atom stereocenters. The summed E-state index contributed by atoms with van der Waals surface area (Å²) >= 11 is 0. The molecule has 6 nitrogen and oxygen atoms in total. The molecule has 6 heteroatoms. The summed E-state index contributed by atoms with van der Waals surface area (Å²) in [5.74, 6) is 2.68. The fourth-order valence-electron chi connectivity index (χ4n) is 2.75. The van der Waals surface area contributed by atoms with Gasteiger partial charge in [0, 0.05) is 24.9 Å². The molecule has 0 aliphatic carbocycles. The summed E-state index contributed by atoms with van der Waals surface area (Å²) in [6.07, 6.45) is 3.26. The van der Waals surface area contributed by atoms with Gasteiger partial charge < -0.3 is 13.8 Å². The molecule has 22 heavy (non-hydrogen) atoms. The molecule has 2 aromatic rings. The Morgan fingerprint density at radius 3 is 2.64 bits per heavy atom. The second kappa shape index (κ2) is 5.94. The van der Waals surface area contributed by atoms with Gasteiger partial charge in [-0.2, -0.15) is 4.98 Å². The molecule has 1 aliphatic heterocycles. The number of rotatable bonds is 3. The van der Waals surface area contributed by atoms with Gasteiger partial charge in [-0.3, -0.25) is 4.79 Å². The van der Waals surface area contributed by atoms with Crippen LogP contribution in [0.15, 0.2) is 21.3 Å². The molecular formula is C16H21N3O3. The average Bonchev–Trinajstić information content (AvgIpc) is 3.15. The molecule has 1 fully saturated rings. The van der Waals surface area contributed by atoms with E-state index < -0.39 is 0 Å². The van der Waals surface area contributed by atoms with Crippen LogP contribution in [0.1, 0.15) is 66.4 Å². The molecule has 3 heterocycles. The number of likely N-dealkylation sites (tertiary alicyclic amines) is 1. The van der Waals surface area contributed by atoms with Crippen LogP contribution >= 0.6 is 0 Å². The largest absolute Gasteiger partial charge is 0.469 e. The van der Waals surface area contributed by atoms with Crippen LogP contribution in [-0.4, -0.2) is 34.0 Å². The first kappa shape index (κ1) is 14.8. The van der Waals surface area contributed by atoms with Crippen LogP contribution in [-0.2, 0) is 0 Å². The Hall–Kier alpha value is -2.11. The van der Waals surface area contributed by atoms with Gasteiger partial charge in [-0.15, -0.1) is 0 Å². The molecule has 0 atom stereocenters. The van der Waals surface area contributed by atoms with E-state index in [1.807, 2.05) is 25.7 Å². The number of carbonyl (C=O) groups excluding carboxylic acids is 1. The van der Waals surface area contributed by atoms with Gasteiger partial charge >= 0.3 is 0 Å². The van der Waals surface area contributed by atoms with Crippen molar-refractivity contribution in [3.63, 3.8) is 0 Å². The zero-order chi connectivity index (χ0) is 15.7. The minimum atomic E-state index is 0.0399. The monoisotopic (exact) mass is 303 g/mol. The highest BCUT2D eigenvalue weighted by atomic mass is 16.5. The highest BCUT2D eigenvalue weighted by Crippen LogP contribution is 2.28. The normalized spacial score (nSPS) is 16.5. The van der Waals surface area contributed by atoms with E-state index in [1.54, 1.807) is 12.3 Å². The summed E-state index contributed by atoms with van der Waals surface area (Å²) in [6, 6.07) is 1.73. The summed E-state index contributed by atoms with van der Waals surface area (Å²) in [5, 5.41) is 4.02. The maximum atomic E-state index is 12.4. The summed E-state index contributed by atoms with van der Waals surface area (Å²) < 4.78 is 10.6. The Bertz CT molecular complexity index is 651. The number of carbonyl (C=O) groups is 1. The summed E-state index contributed by atoms with van der Waals surface area (Å²) in [7, 11) is 0. The molecule has 3 rings (SSSR count). The van der Waals surface area contributed by atoms with Gasteiger partial charge in [0.05, 0.1) is 11.8 Å². The number of nitrogens with zero attached hydrogens (tertiary/aromatic N) is 3. The van der Waals surface area contributed by atoms with Gasteiger partial charge in [-0.25, -0.2) is 0 Å².